The molecule has 0 aliphatic rings. The quantitative estimate of drug-likeness (QED) is 0.289. The molecule has 9 nitrogen and oxygen atoms in total. The lowest BCUT2D eigenvalue weighted by Gasteiger charge is -2.12. The Morgan fingerprint density at radius 2 is 1.85 bits per heavy atom. The fourth-order valence-corrected chi connectivity index (χ4v) is 3.89. The number of Topliss-reactive ketones (excluding diaryl/α,β-unsaturated/α-hetero) is 1. The highest BCUT2D eigenvalue weighted by Crippen LogP contribution is 2.37. The van der Waals surface area contributed by atoms with Crippen LogP contribution in [0.2, 0.25) is 0 Å². The van der Waals surface area contributed by atoms with E-state index < -0.39 is 30.2 Å². The Kier molecular flexibility index (Phi) is 6.81. The molecule has 0 unspecified atom stereocenters. The molecule has 9 heteroatoms. The molecule has 0 bridgehead atoms. The predicted molar refractivity (Wildman–Crippen MR) is 120 cm³/mol. The van der Waals surface area contributed by atoms with Gasteiger partial charge in [0, 0.05) is 12.2 Å². The van der Waals surface area contributed by atoms with Crippen LogP contribution in [0.1, 0.15) is 44.5 Å². The van der Waals surface area contributed by atoms with Crippen molar-refractivity contribution in [3.63, 3.8) is 0 Å². The van der Waals surface area contributed by atoms with E-state index in [1.54, 1.807) is 4.57 Å². The van der Waals surface area contributed by atoms with Crippen molar-refractivity contribution in [2.75, 3.05) is 13.7 Å². The summed E-state index contributed by atoms with van der Waals surface area (Å²) in [5, 5.41) is 9.32. The summed E-state index contributed by atoms with van der Waals surface area (Å²) in [6.45, 7) is 3.38. The summed E-state index contributed by atoms with van der Waals surface area (Å²) < 4.78 is 12.1. The lowest BCUT2D eigenvalue weighted by atomic mass is 10.0. The lowest BCUT2D eigenvalue weighted by Crippen LogP contribution is -2.24. The highest BCUT2D eigenvalue weighted by Gasteiger charge is 2.29. The maximum absolute atomic E-state index is 12.9. The zero-order chi connectivity index (χ0) is 24.3. The number of aliphatic carboxylic acids is 1. The number of ether oxygens (including phenoxy) is 2. The summed E-state index contributed by atoms with van der Waals surface area (Å²) in [5.41, 5.74) is 8.36. The molecule has 2 aromatic carbocycles. The third-order valence-electron chi connectivity index (χ3n) is 5.22. The van der Waals surface area contributed by atoms with Crippen molar-refractivity contribution in [3.8, 4) is 5.75 Å². The number of rotatable bonds is 9. The van der Waals surface area contributed by atoms with Gasteiger partial charge in [-0.05, 0) is 31.0 Å². The molecule has 0 fully saturated rings. The first-order chi connectivity index (χ1) is 15.7. The number of amides is 1. The number of carboxylic acid groups (broad SMARTS) is 1. The monoisotopic (exact) mass is 452 g/mol. The summed E-state index contributed by atoms with van der Waals surface area (Å²) in [6.07, 6.45) is 0.362. The van der Waals surface area contributed by atoms with Gasteiger partial charge >= 0.3 is 11.9 Å². The Morgan fingerprint density at radius 3 is 2.42 bits per heavy atom. The number of hydrogen-bond acceptors (Lipinski definition) is 6. The zero-order valence-corrected chi connectivity index (χ0v) is 18.5. The molecular weight excluding hydrogens is 428 g/mol. The second kappa shape index (κ2) is 9.56. The number of esters is 1. The second-order valence-electron chi connectivity index (χ2n) is 7.49. The van der Waals surface area contributed by atoms with Gasteiger partial charge in [0.1, 0.15) is 5.75 Å². The van der Waals surface area contributed by atoms with Crippen LogP contribution >= 0.6 is 0 Å². The molecule has 3 aromatic rings. The van der Waals surface area contributed by atoms with Gasteiger partial charge in [-0.3, -0.25) is 9.59 Å². The van der Waals surface area contributed by atoms with E-state index in [1.807, 2.05) is 38.1 Å². The molecule has 0 saturated carbocycles. The molecule has 0 spiro atoms. The number of benzene rings is 2. The lowest BCUT2D eigenvalue weighted by molar-refractivity contribution is -0.139. The number of primary amides is 1. The van der Waals surface area contributed by atoms with Crippen molar-refractivity contribution in [1.29, 1.82) is 0 Å². The SMILES string of the molecule is CCc1c(C(=O)C(N)=O)c2c(OCC(=O)O)cc(C(=O)OC)cc2n1Cc1cccc(C)c1. The maximum atomic E-state index is 12.9. The number of aryl methyl sites for hydroxylation is 1. The van der Waals surface area contributed by atoms with Gasteiger partial charge in [0.05, 0.1) is 29.1 Å². The van der Waals surface area contributed by atoms with Crippen molar-refractivity contribution in [2.45, 2.75) is 26.8 Å². The van der Waals surface area contributed by atoms with Crippen LogP contribution in [0.3, 0.4) is 0 Å². The Balaban J connectivity index is 2.40. The van der Waals surface area contributed by atoms with Crippen LogP contribution in [0.25, 0.3) is 10.9 Å². The first-order valence-corrected chi connectivity index (χ1v) is 10.2. The largest absolute Gasteiger partial charge is 0.481 e. The van der Waals surface area contributed by atoms with Crippen molar-refractivity contribution in [3.05, 3.63) is 64.3 Å². The standard InChI is InChI=1S/C24H24N2O7/c1-4-16-21(22(29)23(25)30)20-17(26(16)11-14-7-5-6-13(2)8-14)9-15(24(31)32-3)10-18(20)33-12-19(27)28/h5-10H,4,11-12H2,1-3H3,(H2,25,30)(H,27,28). The first-order valence-electron chi connectivity index (χ1n) is 10.2. The van der Waals surface area contributed by atoms with Gasteiger partial charge in [-0.2, -0.15) is 0 Å². The first kappa shape index (κ1) is 23.5. The van der Waals surface area contributed by atoms with E-state index in [0.29, 0.717) is 24.2 Å². The number of methoxy groups -OCH3 is 1. The van der Waals surface area contributed by atoms with Crippen LogP contribution in [-0.4, -0.2) is 47.0 Å². The number of aromatic nitrogens is 1. The number of carbonyl (C=O) groups excluding carboxylic acids is 3. The van der Waals surface area contributed by atoms with Gasteiger partial charge in [-0.25, -0.2) is 9.59 Å². The van der Waals surface area contributed by atoms with Crippen LogP contribution in [0.15, 0.2) is 36.4 Å². The molecule has 33 heavy (non-hydrogen) atoms. The molecule has 3 rings (SSSR count). The van der Waals surface area contributed by atoms with Gasteiger partial charge in [0.25, 0.3) is 11.7 Å². The minimum Gasteiger partial charge on any atom is -0.481 e. The number of nitrogens with two attached hydrogens (primary N) is 1. The van der Waals surface area contributed by atoms with Crippen molar-refractivity contribution >= 4 is 34.5 Å². The van der Waals surface area contributed by atoms with E-state index in [2.05, 4.69) is 0 Å². The molecule has 3 N–H and O–H groups in total. The highest BCUT2D eigenvalue weighted by atomic mass is 16.5. The number of ketones is 1. The molecule has 172 valence electrons. The van der Waals surface area contributed by atoms with Crippen LogP contribution < -0.4 is 10.5 Å². The number of hydrogen-bond donors (Lipinski definition) is 2. The number of carbonyl (C=O) groups is 4. The Labute approximate surface area is 189 Å². The van der Waals surface area contributed by atoms with Crippen molar-refractivity contribution < 1.29 is 33.8 Å². The summed E-state index contributed by atoms with van der Waals surface area (Å²) in [5.74, 6) is -4.02. The Bertz CT molecular complexity index is 1270. The molecule has 0 radical (unpaired) electrons. The van der Waals surface area contributed by atoms with Crippen LogP contribution in [-0.2, 0) is 27.3 Å². The van der Waals surface area contributed by atoms with Gasteiger partial charge in [0.15, 0.2) is 6.61 Å². The fourth-order valence-electron chi connectivity index (χ4n) is 3.89. The highest BCUT2D eigenvalue weighted by molar-refractivity contribution is 6.45. The molecule has 0 atom stereocenters. The minimum atomic E-state index is -1.25. The number of nitrogens with zero attached hydrogens (tertiary/aromatic N) is 1. The molecular formula is C24H24N2O7. The van der Waals surface area contributed by atoms with Gasteiger partial charge < -0.3 is 24.9 Å². The maximum Gasteiger partial charge on any atom is 0.341 e. The smallest absolute Gasteiger partial charge is 0.341 e. The topological polar surface area (TPSA) is 138 Å². The van der Waals surface area contributed by atoms with E-state index in [-0.39, 0.29) is 22.3 Å². The van der Waals surface area contributed by atoms with Crippen molar-refractivity contribution in [1.82, 2.24) is 4.57 Å². The molecule has 1 amide bonds. The van der Waals surface area contributed by atoms with Crippen LogP contribution in [0, 0.1) is 6.92 Å². The average molecular weight is 452 g/mol. The van der Waals surface area contributed by atoms with E-state index in [9.17, 15) is 19.2 Å². The average Bonchev–Trinajstić information content (AvgIpc) is 3.09. The van der Waals surface area contributed by atoms with E-state index >= 15 is 0 Å². The number of fused-ring (bicyclic) bond motifs is 1. The molecule has 0 aliphatic heterocycles. The minimum absolute atomic E-state index is 0.0300. The third kappa shape index (κ3) is 4.72. The van der Waals surface area contributed by atoms with E-state index in [0.717, 1.165) is 11.1 Å². The number of carboxylic acids is 1. The summed E-state index contributed by atoms with van der Waals surface area (Å²) in [6, 6.07) is 10.6. The normalized spacial score (nSPS) is 10.8. The fraction of sp³-hybridized carbons (Fsp3) is 0.250. The van der Waals surface area contributed by atoms with Crippen molar-refractivity contribution in [2.24, 2.45) is 5.73 Å². The zero-order valence-electron chi connectivity index (χ0n) is 18.5. The predicted octanol–water partition coefficient (Wildman–Crippen LogP) is 2.48. The second-order valence-corrected chi connectivity index (χ2v) is 7.49. The molecule has 1 aromatic heterocycles. The summed E-state index contributed by atoms with van der Waals surface area (Å²) in [7, 11) is 1.22. The Hall–Kier alpha value is -4.14. The van der Waals surface area contributed by atoms with Gasteiger partial charge in [-0.15, -0.1) is 0 Å². The van der Waals surface area contributed by atoms with E-state index in [4.69, 9.17) is 20.3 Å². The molecule has 1 heterocycles. The summed E-state index contributed by atoms with van der Waals surface area (Å²) >= 11 is 0. The van der Waals surface area contributed by atoms with Crippen LogP contribution in [0.4, 0.5) is 0 Å². The van der Waals surface area contributed by atoms with Gasteiger partial charge in [0.2, 0.25) is 0 Å². The Morgan fingerprint density at radius 1 is 1.12 bits per heavy atom. The molecule has 0 saturated heterocycles. The van der Waals surface area contributed by atoms with Crippen LogP contribution in [0.5, 0.6) is 5.75 Å². The third-order valence-corrected chi connectivity index (χ3v) is 5.22. The van der Waals surface area contributed by atoms with Gasteiger partial charge in [-0.1, -0.05) is 36.8 Å². The van der Waals surface area contributed by atoms with E-state index in [1.165, 1.54) is 19.2 Å². The molecule has 0 aliphatic carbocycles. The summed E-state index contributed by atoms with van der Waals surface area (Å²) in [4.78, 5) is 48.2.